The third-order valence-electron chi connectivity index (χ3n) is 3.64. The highest BCUT2D eigenvalue weighted by atomic mass is 32.2. The van der Waals surface area contributed by atoms with Crippen molar-refractivity contribution in [2.24, 2.45) is 0 Å². The summed E-state index contributed by atoms with van der Waals surface area (Å²) in [7, 11) is 0. The fourth-order valence-electron chi connectivity index (χ4n) is 2.43. The number of nitrogens with zero attached hydrogens (tertiary/aromatic N) is 1. The summed E-state index contributed by atoms with van der Waals surface area (Å²) in [4.78, 5) is 16.6. The summed E-state index contributed by atoms with van der Waals surface area (Å²) in [6, 6.07) is 11.7. The van der Waals surface area contributed by atoms with Crippen LogP contribution in [0.4, 0.5) is 0 Å². The lowest BCUT2D eigenvalue weighted by atomic mass is 10.3. The molecular formula is C16H15N3O2S2. The van der Waals surface area contributed by atoms with Crippen molar-refractivity contribution >= 4 is 39.2 Å². The van der Waals surface area contributed by atoms with Gasteiger partial charge in [-0.1, -0.05) is 12.1 Å². The molecule has 0 spiro atoms. The van der Waals surface area contributed by atoms with Gasteiger partial charge in [0.25, 0.3) is 0 Å². The molecule has 1 fully saturated rings. The first-order chi connectivity index (χ1) is 11.3. The Hall–Kier alpha value is -1.83. The first-order valence-electron chi connectivity index (χ1n) is 7.33. The molecule has 1 aromatic carbocycles. The molecule has 4 rings (SSSR count). The molecule has 1 saturated heterocycles. The smallest absolute Gasteiger partial charge is 0.238 e. The number of thiazole rings is 1. The van der Waals surface area contributed by atoms with Crippen molar-refractivity contribution in [2.75, 3.05) is 11.6 Å². The van der Waals surface area contributed by atoms with Crippen LogP contribution in [0.1, 0.15) is 5.76 Å². The van der Waals surface area contributed by atoms with Gasteiger partial charge in [0, 0.05) is 11.6 Å². The maximum absolute atomic E-state index is 12.0. The molecule has 7 heteroatoms. The number of rotatable bonds is 4. The van der Waals surface area contributed by atoms with Crippen molar-refractivity contribution in [3.05, 3.63) is 42.2 Å². The Morgan fingerprint density at radius 1 is 1.35 bits per heavy atom. The highest BCUT2D eigenvalue weighted by Crippen LogP contribution is 2.31. The number of hydrogen-bond acceptors (Lipinski definition) is 6. The molecule has 1 amide bonds. The zero-order chi connectivity index (χ0) is 15.6. The number of furan rings is 1. The molecular weight excluding hydrogens is 330 g/mol. The SMILES string of the molecule is O=C(NCc1ccc(-c2nc3ccccc3s2)o1)[C@H]1CSCN1. The van der Waals surface area contributed by atoms with Crippen molar-refractivity contribution in [3.63, 3.8) is 0 Å². The number of benzene rings is 1. The first-order valence-corrected chi connectivity index (χ1v) is 9.30. The van der Waals surface area contributed by atoms with Gasteiger partial charge in [-0.2, -0.15) is 0 Å². The average Bonchev–Trinajstić information content (AvgIpc) is 3.31. The normalized spacial score (nSPS) is 17.7. The van der Waals surface area contributed by atoms with Crippen LogP contribution in [-0.2, 0) is 11.3 Å². The Morgan fingerprint density at radius 3 is 3.09 bits per heavy atom. The summed E-state index contributed by atoms with van der Waals surface area (Å²) >= 11 is 3.34. The van der Waals surface area contributed by atoms with E-state index in [2.05, 4.69) is 15.6 Å². The quantitative estimate of drug-likeness (QED) is 0.761. The maximum Gasteiger partial charge on any atom is 0.238 e. The van der Waals surface area contributed by atoms with Gasteiger partial charge in [0.1, 0.15) is 5.76 Å². The number of thioether (sulfide) groups is 1. The van der Waals surface area contributed by atoms with E-state index in [-0.39, 0.29) is 11.9 Å². The molecule has 0 radical (unpaired) electrons. The van der Waals surface area contributed by atoms with E-state index in [4.69, 9.17) is 4.42 Å². The number of carbonyl (C=O) groups is 1. The van der Waals surface area contributed by atoms with Crippen molar-refractivity contribution < 1.29 is 9.21 Å². The van der Waals surface area contributed by atoms with Crippen LogP contribution in [0.2, 0.25) is 0 Å². The first kappa shape index (κ1) is 14.7. The molecule has 2 aromatic heterocycles. The zero-order valence-corrected chi connectivity index (χ0v) is 13.9. The van der Waals surface area contributed by atoms with Crippen molar-refractivity contribution in [3.8, 4) is 10.8 Å². The number of amides is 1. The molecule has 118 valence electrons. The summed E-state index contributed by atoms with van der Waals surface area (Å²) < 4.78 is 6.96. The van der Waals surface area contributed by atoms with Gasteiger partial charge in [-0.25, -0.2) is 4.98 Å². The fraction of sp³-hybridized carbons (Fsp3) is 0.250. The van der Waals surface area contributed by atoms with E-state index < -0.39 is 0 Å². The van der Waals surface area contributed by atoms with E-state index in [0.717, 1.165) is 38.4 Å². The van der Waals surface area contributed by atoms with Crippen molar-refractivity contribution in [1.29, 1.82) is 0 Å². The third kappa shape index (κ3) is 3.12. The molecule has 3 aromatic rings. The number of aromatic nitrogens is 1. The van der Waals surface area contributed by atoms with Gasteiger partial charge < -0.3 is 9.73 Å². The summed E-state index contributed by atoms with van der Waals surface area (Å²) in [6.07, 6.45) is 0. The van der Waals surface area contributed by atoms with Gasteiger partial charge in [-0.15, -0.1) is 23.1 Å². The third-order valence-corrected chi connectivity index (χ3v) is 5.63. The molecule has 5 nitrogen and oxygen atoms in total. The Kier molecular flexibility index (Phi) is 4.07. The molecule has 2 N–H and O–H groups in total. The van der Waals surface area contributed by atoms with Gasteiger partial charge in [0.2, 0.25) is 5.91 Å². The molecule has 3 heterocycles. The van der Waals surface area contributed by atoms with Gasteiger partial charge in [0.05, 0.1) is 22.8 Å². The van der Waals surface area contributed by atoms with Gasteiger partial charge >= 0.3 is 0 Å². The minimum absolute atomic E-state index is 0.0212. The lowest BCUT2D eigenvalue weighted by Crippen LogP contribution is -2.41. The molecule has 0 aliphatic carbocycles. The Balaban J connectivity index is 1.45. The van der Waals surface area contributed by atoms with Crippen LogP contribution in [0.3, 0.4) is 0 Å². The second-order valence-corrected chi connectivity index (χ2v) is 7.30. The molecule has 23 heavy (non-hydrogen) atoms. The van der Waals surface area contributed by atoms with Crippen molar-refractivity contribution in [2.45, 2.75) is 12.6 Å². The van der Waals surface area contributed by atoms with Crippen LogP contribution in [0.15, 0.2) is 40.8 Å². The Labute approximate surface area is 141 Å². The van der Waals surface area contributed by atoms with E-state index in [1.54, 1.807) is 23.1 Å². The molecule has 0 unspecified atom stereocenters. The van der Waals surface area contributed by atoms with E-state index >= 15 is 0 Å². The summed E-state index contributed by atoms with van der Waals surface area (Å²) in [6.45, 7) is 0.395. The van der Waals surface area contributed by atoms with Gasteiger partial charge in [-0.3, -0.25) is 10.1 Å². The number of carbonyl (C=O) groups excluding carboxylic acids is 1. The molecule has 1 atom stereocenters. The largest absolute Gasteiger partial charge is 0.457 e. The highest BCUT2D eigenvalue weighted by molar-refractivity contribution is 7.99. The monoisotopic (exact) mass is 345 g/mol. The lowest BCUT2D eigenvalue weighted by Gasteiger charge is -2.08. The number of fused-ring (bicyclic) bond motifs is 1. The highest BCUT2D eigenvalue weighted by Gasteiger charge is 2.22. The van der Waals surface area contributed by atoms with E-state index in [0.29, 0.717) is 6.54 Å². The summed E-state index contributed by atoms with van der Waals surface area (Å²) in [5, 5.41) is 6.92. The van der Waals surface area contributed by atoms with Gasteiger partial charge in [0.15, 0.2) is 10.8 Å². The summed E-state index contributed by atoms with van der Waals surface area (Å²) in [5.74, 6) is 3.15. The summed E-state index contributed by atoms with van der Waals surface area (Å²) in [5.41, 5.74) is 0.976. The van der Waals surface area contributed by atoms with Crippen LogP contribution >= 0.6 is 23.1 Å². The molecule has 1 aliphatic heterocycles. The Morgan fingerprint density at radius 2 is 2.26 bits per heavy atom. The predicted molar refractivity (Wildman–Crippen MR) is 93.4 cm³/mol. The van der Waals surface area contributed by atoms with E-state index in [1.807, 2.05) is 36.4 Å². The molecule has 1 aliphatic rings. The number of nitrogens with one attached hydrogen (secondary N) is 2. The van der Waals surface area contributed by atoms with E-state index in [1.165, 1.54) is 0 Å². The van der Waals surface area contributed by atoms with Crippen LogP contribution in [0.25, 0.3) is 21.0 Å². The molecule has 0 saturated carbocycles. The fourth-order valence-corrected chi connectivity index (χ4v) is 4.30. The zero-order valence-electron chi connectivity index (χ0n) is 12.2. The second kappa shape index (κ2) is 6.35. The topological polar surface area (TPSA) is 67.2 Å². The lowest BCUT2D eigenvalue weighted by molar-refractivity contribution is -0.122. The van der Waals surface area contributed by atoms with Crippen molar-refractivity contribution in [1.82, 2.24) is 15.6 Å². The number of hydrogen-bond donors (Lipinski definition) is 2. The van der Waals surface area contributed by atoms with E-state index in [9.17, 15) is 4.79 Å². The van der Waals surface area contributed by atoms with Gasteiger partial charge in [-0.05, 0) is 24.3 Å². The molecule has 0 bridgehead atoms. The minimum Gasteiger partial charge on any atom is -0.457 e. The maximum atomic E-state index is 12.0. The van der Waals surface area contributed by atoms with Crippen LogP contribution in [0.5, 0.6) is 0 Å². The van der Waals surface area contributed by atoms with Crippen LogP contribution < -0.4 is 10.6 Å². The number of para-hydroxylation sites is 1. The average molecular weight is 345 g/mol. The van der Waals surface area contributed by atoms with Crippen LogP contribution in [-0.4, -0.2) is 28.6 Å². The second-order valence-electron chi connectivity index (χ2n) is 5.24. The minimum atomic E-state index is -0.0984. The van der Waals surface area contributed by atoms with Crippen LogP contribution in [0, 0.1) is 0 Å². The standard InChI is InChI=1S/C16H15N3O2S2/c20-15(12-8-22-9-18-12)17-7-10-5-6-13(21-10)16-19-11-3-1-2-4-14(11)23-16/h1-6,12,18H,7-9H2,(H,17,20)/t12-/m1/s1. The predicted octanol–water partition coefficient (Wildman–Crippen LogP) is 2.83. The Bertz CT molecular complexity index is 804.